The van der Waals surface area contributed by atoms with Crippen LogP contribution in [0, 0.1) is 27.7 Å². The Labute approximate surface area is 182 Å². The molecule has 3 rings (SSSR count). The molecule has 1 saturated heterocycles. The summed E-state index contributed by atoms with van der Waals surface area (Å²) >= 11 is 12.1. The van der Waals surface area contributed by atoms with Crippen molar-refractivity contribution in [1.29, 1.82) is 0 Å². The van der Waals surface area contributed by atoms with Crippen LogP contribution in [0.3, 0.4) is 0 Å². The predicted molar refractivity (Wildman–Crippen MR) is 115 cm³/mol. The van der Waals surface area contributed by atoms with E-state index in [0.717, 1.165) is 22.3 Å². The molecule has 0 radical (unpaired) electrons. The zero-order chi connectivity index (χ0) is 21.7. The van der Waals surface area contributed by atoms with Gasteiger partial charge in [0.2, 0.25) is 10.0 Å². The van der Waals surface area contributed by atoms with Crippen molar-refractivity contribution >= 4 is 39.1 Å². The van der Waals surface area contributed by atoms with E-state index in [4.69, 9.17) is 23.2 Å². The smallest absolute Gasteiger partial charge is 0.270 e. The maximum absolute atomic E-state index is 13.4. The molecule has 0 aliphatic carbocycles. The number of hydrogen-bond donors (Lipinski definition) is 0. The Balaban J connectivity index is 1.82. The largest absolute Gasteiger partial charge is 0.335 e. The maximum Gasteiger partial charge on any atom is 0.270 e. The predicted octanol–water partition coefficient (Wildman–Crippen LogP) is 3.71. The number of carbonyl (C=O) groups is 1. The Morgan fingerprint density at radius 3 is 1.90 bits per heavy atom. The van der Waals surface area contributed by atoms with Crippen molar-refractivity contribution in [1.82, 2.24) is 13.8 Å². The molecule has 1 aromatic carbocycles. The molecule has 9 heteroatoms. The molecule has 0 bridgehead atoms. The van der Waals surface area contributed by atoms with Gasteiger partial charge in [0.05, 0.1) is 9.92 Å². The summed E-state index contributed by atoms with van der Waals surface area (Å²) in [6.07, 6.45) is 0. The van der Waals surface area contributed by atoms with Crippen LogP contribution in [0.1, 0.15) is 32.7 Å². The minimum absolute atomic E-state index is 0.211. The quantitative estimate of drug-likeness (QED) is 0.705. The van der Waals surface area contributed by atoms with Crippen LogP contribution in [-0.2, 0) is 17.1 Å². The first kappa shape index (κ1) is 22.2. The minimum atomic E-state index is -3.64. The van der Waals surface area contributed by atoms with Gasteiger partial charge in [-0.3, -0.25) is 4.79 Å². The molecule has 0 saturated carbocycles. The fourth-order valence-electron chi connectivity index (χ4n) is 3.74. The third-order valence-corrected chi connectivity index (χ3v) is 8.77. The molecular formula is C20H25Cl2N3O3S. The van der Waals surface area contributed by atoms with Crippen molar-refractivity contribution in [2.75, 3.05) is 26.2 Å². The number of carbonyl (C=O) groups excluding carboxylic acids is 1. The number of piperazine rings is 1. The highest BCUT2D eigenvalue weighted by Gasteiger charge is 2.33. The van der Waals surface area contributed by atoms with Gasteiger partial charge in [-0.25, -0.2) is 8.42 Å². The number of hydrogen-bond acceptors (Lipinski definition) is 3. The fraction of sp³-hybridized carbons (Fsp3) is 0.450. The molecule has 0 unspecified atom stereocenters. The van der Waals surface area contributed by atoms with Crippen LogP contribution in [0.5, 0.6) is 0 Å². The highest BCUT2D eigenvalue weighted by atomic mass is 35.5. The van der Waals surface area contributed by atoms with Gasteiger partial charge in [-0.15, -0.1) is 0 Å². The van der Waals surface area contributed by atoms with Crippen LogP contribution in [0.25, 0.3) is 0 Å². The zero-order valence-electron chi connectivity index (χ0n) is 17.2. The number of rotatable bonds is 3. The van der Waals surface area contributed by atoms with Gasteiger partial charge in [-0.1, -0.05) is 29.3 Å². The van der Waals surface area contributed by atoms with E-state index in [1.165, 1.54) is 14.9 Å². The number of nitrogens with zero attached hydrogens (tertiary/aromatic N) is 3. The molecule has 0 spiro atoms. The summed E-state index contributed by atoms with van der Waals surface area (Å²) in [5, 5.41) is 0.622. The first-order chi connectivity index (χ1) is 13.5. The first-order valence-corrected chi connectivity index (χ1v) is 11.5. The molecule has 2 heterocycles. The Bertz CT molecular complexity index is 1060. The van der Waals surface area contributed by atoms with E-state index in [2.05, 4.69) is 0 Å². The first-order valence-electron chi connectivity index (χ1n) is 9.34. The Morgan fingerprint density at radius 1 is 0.931 bits per heavy atom. The van der Waals surface area contributed by atoms with E-state index < -0.39 is 10.0 Å². The number of aromatic nitrogens is 1. The summed E-state index contributed by atoms with van der Waals surface area (Å²) in [6.45, 7) is 8.64. The summed E-state index contributed by atoms with van der Waals surface area (Å²) < 4.78 is 29.7. The van der Waals surface area contributed by atoms with Crippen molar-refractivity contribution in [3.8, 4) is 0 Å². The van der Waals surface area contributed by atoms with Crippen LogP contribution < -0.4 is 0 Å². The monoisotopic (exact) mass is 457 g/mol. The zero-order valence-corrected chi connectivity index (χ0v) is 19.5. The second kappa shape index (κ2) is 7.95. The maximum atomic E-state index is 13.4. The van der Waals surface area contributed by atoms with Crippen LogP contribution in [0.15, 0.2) is 17.0 Å². The number of aryl methyl sites for hydroxylation is 2. The van der Waals surface area contributed by atoms with Gasteiger partial charge in [0.25, 0.3) is 5.91 Å². The lowest BCUT2D eigenvalue weighted by Gasteiger charge is -2.34. The summed E-state index contributed by atoms with van der Waals surface area (Å²) in [5.74, 6) is -0.211. The van der Waals surface area contributed by atoms with Gasteiger partial charge in [-0.05, 0) is 56.0 Å². The van der Waals surface area contributed by atoms with Gasteiger partial charge in [0.15, 0.2) is 0 Å². The lowest BCUT2D eigenvalue weighted by atomic mass is 10.0. The molecule has 1 aliphatic rings. The number of benzene rings is 1. The van der Waals surface area contributed by atoms with E-state index >= 15 is 0 Å². The molecule has 0 N–H and O–H groups in total. The van der Waals surface area contributed by atoms with E-state index in [9.17, 15) is 13.2 Å². The van der Waals surface area contributed by atoms with Crippen molar-refractivity contribution in [3.05, 3.63) is 50.3 Å². The lowest BCUT2D eigenvalue weighted by molar-refractivity contribution is 0.0688. The summed E-state index contributed by atoms with van der Waals surface area (Å²) in [6, 6.07) is 3.55. The molecule has 6 nitrogen and oxygen atoms in total. The second-order valence-corrected chi connectivity index (χ2v) is 10.2. The summed E-state index contributed by atoms with van der Waals surface area (Å²) in [4.78, 5) is 14.8. The third kappa shape index (κ3) is 3.81. The van der Waals surface area contributed by atoms with E-state index in [1.807, 2.05) is 33.8 Å². The van der Waals surface area contributed by atoms with Crippen LogP contribution in [-0.4, -0.2) is 54.3 Å². The molecule has 29 heavy (non-hydrogen) atoms. The van der Waals surface area contributed by atoms with Crippen LogP contribution in [0.4, 0.5) is 0 Å². The SMILES string of the molecule is Cc1cc(C)c(C)c(S(=O)(=O)N2CCN(C(=O)c3cc(Cl)c(Cl)n3C)CC2)c1C. The highest BCUT2D eigenvalue weighted by Crippen LogP contribution is 2.30. The number of halogens is 2. The van der Waals surface area contributed by atoms with Gasteiger partial charge in [0, 0.05) is 33.2 Å². The van der Waals surface area contributed by atoms with Crippen LogP contribution in [0.2, 0.25) is 10.2 Å². The topological polar surface area (TPSA) is 62.6 Å². The molecule has 2 aromatic rings. The number of amides is 1. The van der Waals surface area contributed by atoms with E-state index in [1.54, 1.807) is 11.9 Å². The average molecular weight is 458 g/mol. The molecule has 1 amide bonds. The van der Waals surface area contributed by atoms with E-state index in [-0.39, 0.29) is 19.0 Å². The van der Waals surface area contributed by atoms with Crippen molar-refractivity contribution < 1.29 is 13.2 Å². The van der Waals surface area contributed by atoms with Crippen molar-refractivity contribution in [2.45, 2.75) is 32.6 Å². The van der Waals surface area contributed by atoms with Gasteiger partial charge in [-0.2, -0.15) is 4.31 Å². The normalized spacial score (nSPS) is 15.8. The highest BCUT2D eigenvalue weighted by molar-refractivity contribution is 7.89. The minimum Gasteiger partial charge on any atom is -0.335 e. The van der Waals surface area contributed by atoms with Gasteiger partial charge >= 0.3 is 0 Å². The van der Waals surface area contributed by atoms with Gasteiger partial charge in [0.1, 0.15) is 10.8 Å². The molecule has 158 valence electrons. The Hall–Kier alpha value is -1.54. The average Bonchev–Trinajstić information content (AvgIpc) is 2.93. The fourth-order valence-corrected chi connectivity index (χ4v) is 6.11. The van der Waals surface area contributed by atoms with Crippen molar-refractivity contribution in [3.63, 3.8) is 0 Å². The Morgan fingerprint density at radius 2 is 1.45 bits per heavy atom. The van der Waals surface area contributed by atoms with Gasteiger partial charge < -0.3 is 9.47 Å². The molecular weight excluding hydrogens is 433 g/mol. The Kier molecular flexibility index (Phi) is 6.07. The summed E-state index contributed by atoms with van der Waals surface area (Å²) in [7, 11) is -1.97. The number of sulfonamides is 1. The van der Waals surface area contributed by atoms with Crippen molar-refractivity contribution in [2.24, 2.45) is 7.05 Å². The second-order valence-electron chi connectivity index (χ2n) is 7.51. The molecule has 1 aliphatic heterocycles. The summed E-state index contributed by atoms with van der Waals surface area (Å²) in [5.41, 5.74) is 3.85. The van der Waals surface area contributed by atoms with Crippen LogP contribution >= 0.6 is 23.2 Å². The molecule has 1 fully saturated rings. The standard InChI is InChI=1S/C20H25Cl2N3O3S/c1-12-10-13(2)15(4)18(14(12)3)29(27,28)25-8-6-24(7-9-25)20(26)17-11-16(21)19(22)23(17)5/h10-11H,6-9H2,1-5H3. The molecule has 0 atom stereocenters. The third-order valence-electron chi connectivity index (χ3n) is 5.76. The lowest BCUT2D eigenvalue weighted by Crippen LogP contribution is -2.51. The van der Waals surface area contributed by atoms with E-state index in [0.29, 0.717) is 33.9 Å². The molecule has 1 aromatic heterocycles.